The third-order valence-electron chi connectivity index (χ3n) is 4.63. The summed E-state index contributed by atoms with van der Waals surface area (Å²) < 4.78 is 0.905. The summed E-state index contributed by atoms with van der Waals surface area (Å²) in [5.41, 5.74) is 4.69. The van der Waals surface area contributed by atoms with Crippen molar-refractivity contribution in [2.45, 2.75) is 25.7 Å². The Hall–Kier alpha value is -1.93. The van der Waals surface area contributed by atoms with Crippen molar-refractivity contribution in [3.63, 3.8) is 0 Å². The lowest BCUT2D eigenvalue weighted by Gasteiger charge is -2.26. The van der Waals surface area contributed by atoms with Crippen LogP contribution in [0.3, 0.4) is 0 Å². The van der Waals surface area contributed by atoms with Gasteiger partial charge < -0.3 is 10.6 Å². The van der Waals surface area contributed by atoms with Gasteiger partial charge in [0.05, 0.1) is 5.41 Å². The topological polar surface area (TPSA) is 99.3 Å². The predicted octanol–water partition coefficient (Wildman–Crippen LogP) is 1.95. The summed E-state index contributed by atoms with van der Waals surface area (Å²) in [5.74, 6) is -0.0583. The zero-order chi connectivity index (χ0) is 17.9. The molecule has 2 aliphatic rings. The number of anilines is 1. The van der Waals surface area contributed by atoms with Gasteiger partial charge in [-0.15, -0.1) is 0 Å². The van der Waals surface area contributed by atoms with Crippen LogP contribution in [-0.4, -0.2) is 30.8 Å². The van der Waals surface area contributed by atoms with E-state index in [0.29, 0.717) is 18.7 Å². The first-order valence-electron chi connectivity index (χ1n) is 8.35. The predicted molar refractivity (Wildman–Crippen MR) is 96.7 cm³/mol. The quantitative estimate of drug-likeness (QED) is 0.559. The summed E-state index contributed by atoms with van der Waals surface area (Å²) in [6.45, 7) is 1.27. The van der Waals surface area contributed by atoms with E-state index >= 15 is 0 Å². The van der Waals surface area contributed by atoms with Crippen molar-refractivity contribution in [1.82, 2.24) is 16.2 Å². The van der Waals surface area contributed by atoms with Crippen LogP contribution in [0.1, 0.15) is 25.7 Å². The van der Waals surface area contributed by atoms with E-state index in [2.05, 4.69) is 37.4 Å². The Morgan fingerprint density at radius 3 is 2.48 bits per heavy atom. The molecule has 134 valence electrons. The molecule has 3 rings (SSSR count). The molecule has 0 radical (unpaired) electrons. The number of ketones is 1. The van der Waals surface area contributed by atoms with Crippen molar-refractivity contribution in [3.8, 4) is 0 Å². The number of benzene rings is 1. The fourth-order valence-electron chi connectivity index (χ4n) is 3.14. The molecule has 25 heavy (non-hydrogen) atoms. The summed E-state index contributed by atoms with van der Waals surface area (Å²) in [6.07, 6.45) is 2.61. The number of amides is 3. The minimum Gasteiger partial charge on any atom is -0.316 e. The van der Waals surface area contributed by atoms with Crippen LogP contribution in [0.15, 0.2) is 28.7 Å². The normalized spacial score (nSPS) is 22.3. The van der Waals surface area contributed by atoms with Crippen molar-refractivity contribution in [2.75, 3.05) is 18.4 Å². The Morgan fingerprint density at radius 1 is 1.16 bits per heavy atom. The molecular formula is C17H21BrN4O3. The van der Waals surface area contributed by atoms with Gasteiger partial charge in [0.2, 0.25) is 5.91 Å². The maximum atomic E-state index is 12.5. The Balaban J connectivity index is 1.49. The molecular weight excluding hydrogens is 388 g/mol. The molecule has 3 amide bonds. The van der Waals surface area contributed by atoms with Crippen LogP contribution in [0.5, 0.6) is 0 Å². The van der Waals surface area contributed by atoms with E-state index < -0.39 is 11.4 Å². The highest BCUT2D eigenvalue weighted by Gasteiger charge is 2.48. The number of urea groups is 1. The summed E-state index contributed by atoms with van der Waals surface area (Å²) in [6, 6.07) is 6.53. The molecule has 0 bridgehead atoms. The van der Waals surface area contributed by atoms with Gasteiger partial charge in [-0.1, -0.05) is 15.9 Å². The zero-order valence-electron chi connectivity index (χ0n) is 13.7. The van der Waals surface area contributed by atoms with E-state index in [4.69, 9.17) is 0 Å². The molecule has 0 aromatic heterocycles. The average Bonchev–Trinajstić information content (AvgIpc) is 3.34. The summed E-state index contributed by atoms with van der Waals surface area (Å²) in [4.78, 5) is 36.6. The standard InChI is InChI=1S/C17H21BrN4O3/c18-12-3-5-13(6-4-12)20-16(25)22-21-14(23)9-17(7-8-19-10-17)15(24)11-1-2-11/h3-6,11,19H,1-2,7-10H2,(H,21,23)(H2,20,22,25)/t17-/m0/s1. The molecule has 1 aromatic carbocycles. The van der Waals surface area contributed by atoms with E-state index in [0.717, 1.165) is 23.9 Å². The summed E-state index contributed by atoms with van der Waals surface area (Å²) in [5, 5.41) is 5.79. The van der Waals surface area contributed by atoms with E-state index in [1.54, 1.807) is 24.3 Å². The molecule has 1 heterocycles. The SMILES string of the molecule is O=C(C[C@@]1(C(=O)C2CC2)CCNC1)NNC(=O)Nc1ccc(Br)cc1. The van der Waals surface area contributed by atoms with Gasteiger partial charge in [0.15, 0.2) is 0 Å². The van der Waals surface area contributed by atoms with Crippen molar-refractivity contribution in [2.24, 2.45) is 11.3 Å². The highest BCUT2D eigenvalue weighted by atomic mass is 79.9. The van der Waals surface area contributed by atoms with Crippen molar-refractivity contribution < 1.29 is 14.4 Å². The summed E-state index contributed by atoms with van der Waals surface area (Å²) >= 11 is 3.32. The lowest BCUT2D eigenvalue weighted by atomic mass is 9.77. The number of carbonyl (C=O) groups excluding carboxylic acids is 3. The Labute approximate surface area is 154 Å². The molecule has 1 saturated heterocycles. The van der Waals surface area contributed by atoms with Crippen molar-refractivity contribution in [3.05, 3.63) is 28.7 Å². The fraction of sp³-hybridized carbons (Fsp3) is 0.471. The minimum atomic E-state index is -0.630. The number of halogens is 1. The number of hydrogen-bond donors (Lipinski definition) is 4. The maximum absolute atomic E-state index is 12.5. The number of Topliss-reactive ketones (excluding diaryl/α,β-unsaturated/α-hetero) is 1. The molecule has 1 aliphatic heterocycles. The van der Waals surface area contributed by atoms with Crippen LogP contribution in [0.25, 0.3) is 0 Å². The van der Waals surface area contributed by atoms with Gasteiger partial charge in [-0.2, -0.15) is 0 Å². The van der Waals surface area contributed by atoms with E-state index in [1.807, 2.05) is 0 Å². The number of carbonyl (C=O) groups is 3. The number of rotatable bonds is 5. The molecule has 1 atom stereocenters. The number of nitrogens with one attached hydrogen (secondary N) is 4. The second-order valence-electron chi connectivity index (χ2n) is 6.66. The molecule has 0 spiro atoms. The van der Waals surface area contributed by atoms with E-state index in [1.165, 1.54) is 0 Å². The van der Waals surface area contributed by atoms with Crippen molar-refractivity contribution >= 4 is 39.3 Å². The third kappa shape index (κ3) is 4.58. The number of hydrogen-bond acceptors (Lipinski definition) is 4. The second-order valence-corrected chi connectivity index (χ2v) is 7.57. The summed E-state index contributed by atoms with van der Waals surface area (Å²) in [7, 11) is 0. The molecule has 2 fully saturated rings. The molecule has 1 aliphatic carbocycles. The monoisotopic (exact) mass is 408 g/mol. The molecule has 1 aromatic rings. The van der Waals surface area contributed by atoms with Crippen LogP contribution in [0.2, 0.25) is 0 Å². The van der Waals surface area contributed by atoms with Crippen LogP contribution in [0.4, 0.5) is 10.5 Å². The first-order chi connectivity index (χ1) is 12.0. The lowest BCUT2D eigenvalue weighted by molar-refractivity contribution is -0.135. The molecule has 0 unspecified atom stereocenters. The largest absolute Gasteiger partial charge is 0.337 e. The highest BCUT2D eigenvalue weighted by molar-refractivity contribution is 9.10. The Bertz CT molecular complexity index is 667. The van der Waals surface area contributed by atoms with E-state index in [9.17, 15) is 14.4 Å². The van der Waals surface area contributed by atoms with Gasteiger partial charge in [0, 0.05) is 29.0 Å². The van der Waals surface area contributed by atoms with Gasteiger partial charge in [-0.05, 0) is 50.1 Å². The van der Waals surface area contributed by atoms with Gasteiger partial charge in [0.1, 0.15) is 5.78 Å². The maximum Gasteiger partial charge on any atom is 0.337 e. The first-order valence-corrected chi connectivity index (χ1v) is 9.14. The van der Waals surface area contributed by atoms with Crippen molar-refractivity contribution in [1.29, 1.82) is 0 Å². The lowest BCUT2D eigenvalue weighted by Crippen LogP contribution is -2.47. The highest BCUT2D eigenvalue weighted by Crippen LogP contribution is 2.41. The Morgan fingerprint density at radius 2 is 1.88 bits per heavy atom. The van der Waals surface area contributed by atoms with Gasteiger partial charge in [0.25, 0.3) is 0 Å². The molecule has 1 saturated carbocycles. The third-order valence-corrected chi connectivity index (χ3v) is 5.16. The van der Waals surface area contributed by atoms with Crippen LogP contribution in [-0.2, 0) is 9.59 Å². The molecule has 7 nitrogen and oxygen atoms in total. The Kier molecular flexibility index (Phi) is 5.39. The molecule has 8 heteroatoms. The average molecular weight is 409 g/mol. The van der Waals surface area contributed by atoms with Crippen LogP contribution in [0, 0.1) is 11.3 Å². The minimum absolute atomic E-state index is 0.0912. The smallest absolute Gasteiger partial charge is 0.316 e. The second kappa shape index (κ2) is 7.53. The molecule has 4 N–H and O–H groups in total. The van der Waals surface area contributed by atoms with Gasteiger partial charge >= 0.3 is 6.03 Å². The van der Waals surface area contributed by atoms with E-state index in [-0.39, 0.29) is 24.0 Å². The van der Waals surface area contributed by atoms with Crippen LogP contribution >= 0.6 is 15.9 Å². The van der Waals surface area contributed by atoms with Gasteiger partial charge in [-0.3, -0.25) is 15.0 Å². The first kappa shape index (κ1) is 17.9. The number of hydrazine groups is 1. The fourth-order valence-corrected chi connectivity index (χ4v) is 3.41. The van der Waals surface area contributed by atoms with Gasteiger partial charge in [-0.25, -0.2) is 10.2 Å². The zero-order valence-corrected chi connectivity index (χ0v) is 15.3. The van der Waals surface area contributed by atoms with Crippen LogP contribution < -0.4 is 21.5 Å².